The van der Waals surface area contributed by atoms with Crippen LogP contribution >= 0.6 is 0 Å². The lowest BCUT2D eigenvalue weighted by atomic mass is 9.67. The van der Waals surface area contributed by atoms with Gasteiger partial charge in [0.1, 0.15) is 11.3 Å². The van der Waals surface area contributed by atoms with Crippen LogP contribution in [0.5, 0.6) is 5.75 Å². The van der Waals surface area contributed by atoms with E-state index >= 15 is 0 Å². The summed E-state index contributed by atoms with van der Waals surface area (Å²) in [6.45, 7) is 6.78. The fourth-order valence-electron chi connectivity index (χ4n) is 5.29. The van der Waals surface area contributed by atoms with Crippen molar-refractivity contribution in [2.75, 3.05) is 40.0 Å². The van der Waals surface area contributed by atoms with Crippen molar-refractivity contribution in [2.24, 2.45) is 11.8 Å². The summed E-state index contributed by atoms with van der Waals surface area (Å²) < 4.78 is 5.15. The molecule has 0 bridgehead atoms. The summed E-state index contributed by atoms with van der Waals surface area (Å²) in [6, 6.07) is 6.82. The molecule has 0 aromatic heterocycles. The lowest BCUT2D eigenvalue weighted by Crippen LogP contribution is -2.59. The van der Waals surface area contributed by atoms with Crippen molar-refractivity contribution >= 4 is 17.8 Å². The summed E-state index contributed by atoms with van der Waals surface area (Å²) in [5, 5.41) is 3.05. The van der Waals surface area contributed by atoms with Gasteiger partial charge in [0.2, 0.25) is 0 Å². The van der Waals surface area contributed by atoms with Gasteiger partial charge < -0.3 is 15.0 Å². The largest absolute Gasteiger partial charge is 0.497 e. The minimum Gasteiger partial charge on any atom is -0.497 e. The van der Waals surface area contributed by atoms with Crippen LogP contribution in [-0.2, 0) is 4.79 Å². The van der Waals surface area contributed by atoms with E-state index < -0.39 is 5.54 Å². The number of nitrogens with one attached hydrogen (secondary N) is 1. The van der Waals surface area contributed by atoms with Gasteiger partial charge in [0.15, 0.2) is 0 Å². The second-order valence-corrected chi connectivity index (χ2v) is 9.05. The fourth-order valence-corrected chi connectivity index (χ4v) is 5.29. The van der Waals surface area contributed by atoms with Gasteiger partial charge in [0.25, 0.3) is 11.8 Å². The predicted octanol–water partition coefficient (Wildman–Crippen LogP) is 2.16. The summed E-state index contributed by atoms with van der Waals surface area (Å²) in [4.78, 5) is 44.1. The van der Waals surface area contributed by atoms with E-state index in [1.807, 2.05) is 4.90 Å². The van der Waals surface area contributed by atoms with Crippen molar-refractivity contribution < 1.29 is 19.1 Å². The van der Waals surface area contributed by atoms with Crippen molar-refractivity contribution in [3.8, 4) is 5.75 Å². The van der Waals surface area contributed by atoms with Gasteiger partial charge in [-0.25, -0.2) is 9.69 Å². The monoisotopic (exact) mass is 428 g/mol. The Morgan fingerprint density at radius 3 is 2.26 bits per heavy atom. The van der Waals surface area contributed by atoms with Crippen molar-refractivity contribution in [2.45, 2.75) is 38.6 Å². The highest BCUT2D eigenvalue weighted by Gasteiger charge is 2.58. The number of urea groups is 1. The first-order valence-corrected chi connectivity index (χ1v) is 11.2. The van der Waals surface area contributed by atoms with Crippen molar-refractivity contribution in [1.29, 1.82) is 0 Å². The van der Waals surface area contributed by atoms with E-state index in [1.165, 1.54) is 4.90 Å². The Balaban J connectivity index is 1.36. The van der Waals surface area contributed by atoms with E-state index in [4.69, 9.17) is 4.74 Å². The second kappa shape index (κ2) is 8.49. The molecule has 1 aromatic carbocycles. The van der Waals surface area contributed by atoms with Crippen LogP contribution in [-0.4, -0.2) is 78.0 Å². The molecule has 31 heavy (non-hydrogen) atoms. The number of hydrogen-bond donors (Lipinski definition) is 1. The second-order valence-electron chi connectivity index (χ2n) is 9.05. The number of ether oxygens (including phenoxy) is 1. The molecule has 4 rings (SSSR count). The van der Waals surface area contributed by atoms with Gasteiger partial charge in [-0.1, -0.05) is 20.3 Å². The molecule has 1 saturated carbocycles. The Labute approximate surface area is 183 Å². The first kappa shape index (κ1) is 21.6. The summed E-state index contributed by atoms with van der Waals surface area (Å²) in [6.07, 6.45) is 3.00. The van der Waals surface area contributed by atoms with E-state index in [9.17, 15) is 14.4 Å². The Morgan fingerprint density at radius 1 is 1.06 bits per heavy atom. The molecule has 1 aromatic rings. The smallest absolute Gasteiger partial charge is 0.326 e. The van der Waals surface area contributed by atoms with Gasteiger partial charge in [-0.15, -0.1) is 0 Å². The van der Waals surface area contributed by atoms with Crippen LogP contribution in [0.4, 0.5) is 4.79 Å². The molecule has 8 nitrogen and oxygen atoms in total. The predicted molar refractivity (Wildman–Crippen MR) is 116 cm³/mol. The van der Waals surface area contributed by atoms with Crippen LogP contribution in [0.3, 0.4) is 0 Å². The lowest BCUT2D eigenvalue weighted by Gasteiger charge is -2.42. The van der Waals surface area contributed by atoms with Crippen LogP contribution < -0.4 is 10.1 Å². The highest BCUT2D eigenvalue weighted by atomic mass is 16.5. The zero-order chi connectivity index (χ0) is 22.2. The van der Waals surface area contributed by atoms with Gasteiger partial charge in [-0.3, -0.25) is 14.5 Å². The van der Waals surface area contributed by atoms with Crippen molar-refractivity contribution in [3.63, 3.8) is 0 Å². The van der Waals surface area contributed by atoms with Gasteiger partial charge in [-0.05, 0) is 48.9 Å². The third kappa shape index (κ3) is 3.78. The molecule has 1 spiro atoms. The van der Waals surface area contributed by atoms with E-state index in [-0.39, 0.29) is 36.3 Å². The molecule has 1 aliphatic carbocycles. The molecule has 2 saturated heterocycles. The first-order valence-electron chi connectivity index (χ1n) is 11.2. The SMILES string of the molecule is COc1ccc(C(=O)N2CCN(CN3C(=O)NC4(C3=O)C(C)CCCC4C)CC2)cc1. The van der Waals surface area contributed by atoms with Gasteiger partial charge in [0.05, 0.1) is 13.8 Å². The molecule has 3 aliphatic rings. The number of carbonyl (C=O) groups excluding carboxylic acids is 3. The molecular formula is C23H32N4O4. The number of rotatable bonds is 4. The minimum absolute atomic E-state index is 0.0129. The van der Waals surface area contributed by atoms with Crippen LogP contribution in [0.15, 0.2) is 24.3 Å². The van der Waals surface area contributed by atoms with Gasteiger partial charge in [0, 0.05) is 31.7 Å². The fraction of sp³-hybridized carbons (Fsp3) is 0.609. The third-order valence-corrected chi connectivity index (χ3v) is 7.32. The molecule has 2 unspecified atom stereocenters. The average molecular weight is 429 g/mol. The Kier molecular flexibility index (Phi) is 5.92. The van der Waals surface area contributed by atoms with E-state index in [2.05, 4.69) is 24.1 Å². The quantitative estimate of drug-likeness (QED) is 0.744. The average Bonchev–Trinajstić information content (AvgIpc) is 3.03. The number of benzene rings is 1. The highest BCUT2D eigenvalue weighted by Crippen LogP contribution is 2.42. The van der Waals surface area contributed by atoms with Crippen LogP contribution in [0.1, 0.15) is 43.5 Å². The summed E-state index contributed by atoms with van der Waals surface area (Å²) in [7, 11) is 1.60. The molecule has 8 heteroatoms. The zero-order valence-corrected chi connectivity index (χ0v) is 18.6. The summed E-state index contributed by atoms with van der Waals surface area (Å²) >= 11 is 0. The Morgan fingerprint density at radius 2 is 1.68 bits per heavy atom. The highest BCUT2D eigenvalue weighted by molar-refractivity contribution is 6.07. The number of hydrogen-bond acceptors (Lipinski definition) is 5. The molecule has 168 valence electrons. The van der Waals surface area contributed by atoms with E-state index in [0.717, 1.165) is 19.3 Å². The molecule has 0 radical (unpaired) electrons. The number of piperazine rings is 1. The minimum atomic E-state index is -0.762. The third-order valence-electron chi connectivity index (χ3n) is 7.32. The Hall–Kier alpha value is -2.61. The Bertz CT molecular complexity index is 838. The summed E-state index contributed by atoms with van der Waals surface area (Å²) in [5.41, 5.74) is -0.132. The number of imide groups is 1. The van der Waals surface area contributed by atoms with Crippen LogP contribution in [0.2, 0.25) is 0 Å². The van der Waals surface area contributed by atoms with E-state index in [1.54, 1.807) is 31.4 Å². The molecule has 3 fully saturated rings. The molecule has 2 heterocycles. The summed E-state index contributed by atoms with van der Waals surface area (Å²) in [5.74, 6) is 0.887. The number of carbonyl (C=O) groups is 3. The maximum absolute atomic E-state index is 13.3. The maximum Gasteiger partial charge on any atom is 0.326 e. The standard InChI is InChI=1S/C23H32N4O4/c1-16-5-4-6-17(2)23(16)21(29)27(22(30)24-23)15-25-11-13-26(14-12-25)20(28)18-7-9-19(31-3)10-8-18/h7-10,16-17H,4-6,11-15H2,1-3H3,(H,24,30). The molecule has 4 amide bonds. The van der Waals surface area contributed by atoms with Crippen molar-refractivity contribution in [1.82, 2.24) is 20.0 Å². The van der Waals surface area contributed by atoms with Crippen molar-refractivity contribution in [3.05, 3.63) is 29.8 Å². The first-order chi connectivity index (χ1) is 14.9. The molecule has 1 N–H and O–H groups in total. The van der Waals surface area contributed by atoms with Gasteiger partial charge in [-0.2, -0.15) is 0 Å². The van der Waals surface area contributed by atoms with Crippen LogP contribution in [0.25, 0.3) is 0 Å². The van der Waals surface area contributed by atoms with E-state index in [0.29, 0.717) is 37.5 Å². The number of amides is 4. The molecular weight excluding hydrogens is 396 g/mol. The molecule has 2 aliphatic heterocycles. The van der Waals surface area contributed by atoms with Crippen LogP contribution in [0, 0.1) is 11.8 Å². The topological polar surface area (TPSA) is 82.2 Å². The zero-order valence-electron chi connectivity index (χ0n) is 18.6. The van der Waals surface area contributed by atoms with Gasteiger partial charge >= 0.3 is 6.03 Å². The number of nitrogens with zero attached hydrogens (tertiary/aromatic N) is 3. The normalized spacial score (nSPS) is 29.4. The number of methoxy groups -OCH3 is 1. The molecule has 2 atom stereocenters. The lowest BCUT2D eigenvalue weighted by molar-refractivity contribution is -0.138. The maximum atomic E-state index is 13.3.